The van der Waals surface area contributed by atoms with Crippen molar-refractivity contribution in [2.75, 3.05) is 5.75 Å². The highest BCUT2D eigenvalue weighted by Gasteiger charge is 2.13. The number of hydrogen-bond acceptors (Lipinski definition) is 3. The lowest BCUT2D eigenvalue weighted by Gasteiger charge is -2.09. The van der Waals surface area contributed by atoms with E-state index in [-0.39, 0.29) is 17.0 Å². The number of imidazole rings is 1. The third-order valence-electron chi connectivity index (χ3n) is 3.66. The van der Waals surface area contributed by atoms with Crippen LogP contribution in [0.15, 0.2) is 48.5 Å². The summed E-state index contributed by atoms with van der Waals surface area (Å²) in [5.74, 6) is 0.888. The molecule has 1 amide bonds. The molecule has 6 heteroatoms. The van der Waals surface area contributed by atoms with Gasteiger partial charge in [0, 0.05) is 6.54 Å². The summed E-state index contributed by atoms with van der Waals surface area (Å²) >= 11 is 1.52. The molecule has 24 heavy (non-hydrogen) atoms. The van der Waals surface area contributed by atoms with Gasteiger partial charge in [-0.3, -0.25) is 4.79 Å². The maximum Gasteiger partial charge on any atom is 0.230 e. The zero-order chi connectivity index (χ0) is 16.9. The summed E-state index contributed by atoms with van der Waals surface area (Å²) in [6, 6.07) is 14.0. The molecule has 1 heterocycles. The maximum absolute atomic E-state index is 12.8. The van der Waals surface area contributed by atoms with Crippen LogP contribution in [0.2, 0.25) is 0 Å². The van der Waals surface area contributed by atoms with Crippen LogP contribution in [0.5, 0.6) is 0 Å². The van der Waals surface area contributed by atoms with E-state index < -0.39 is 0 Å². The predicted octanol–water partition coefficient (Wildman–Crippen LogP) is 3.81. The minimum atomic E-state index is -0.278. The molecule has 0 fully saturated rings. The molecule has 3 rings (SSSR count). The van der Waals surface area contributed by atoms with Crippen LogP contribution in [-0.2, 0) is 11.3 Å². The van der Waals surface area contributed by atoms with Gasteiger partial charge in [-0.25, -0.2) is 9.37 Å². The fourth-order valence-corrected chi connectivity index (χ4v) is 3.07. The molecule has 3 aromatic rings. The van der Waals surface area contributed by atoms with E-state index in [1.807, 2.05) is 31.2 Å². The third-order valence-corrected chi connectivity index (χ3v) is 4.81. The standard InChI is InChI=1S/C18H18FN3OS/c1-12(18-21-15-4-2-3-5-16(15)22-18)24-11-17(23)20-10-13-6-8-14(19)9-7-13/h2-9,12H,10-11H2,1H3,(H,20,23)(H,21,22)/t12-/m1/s1. The van der Waals surface area contributed by atoms with Gasteiger partial charge in [0.05, 0.1) is 22.0 Å². The topological polar surface area (TPSA) is 57.8 Å². The Morgan fingerprint density at radius 2 is 2.00 bits per heavy atom. The molecule has 0 saturated carbocycles. The lowest BCUT2D eigenvalue weighted by atomic mass is 10.2. The van der Waals surface area contributed by atoms with Crippen LogP contribution in [0, 0.1) is 5.82 Å². The highest BCUT2D eigenvalue weighted by atomic mass is 32.2. The molecule has 0 aliphatic heterocycles. The van der Waals surface area contributed by atoms with Gasteiger partial charge in [0.15, 0.2) is 0 Å². The molecule has 0 unspecified atom stereocenters. The van der Waals surface area contributed by atoms with E-state index in [4.69, 9.17) is 0 Å². The highest BCUT2D eigenvalue weighted by molar-refractivity contribution is 8.00. The lowest BCUT2D eigenvalue weighted by Crippen LogP contribution is -2.24. The van der Waals surface area contributed by atoms with Crippen molar-refractivity contribution in [3.8, 4) is 0 Å². The number of amides is 1. The second-order valence-electron chi connectivity index (χ2n) is 5.50. The van der Waals surface area contributed by atoms with Gasteiger partial charge in [0.1, 0.15) is 11.6 Å². The third kappa shape index (κ3) is 4.14. The smallest absolute Gasteiger partial charge is 0.230 e. The summed E-state index contributed by atoms with van der Waals surface area (Å²) in [7, 11) is 0. The number of aromatic nitrogens is 2. The van der Waals surface area contributed by atoms with Crippen LogP contribution in [0.3, 0.4) is 0 Å². The Balaban J connectivity index is 1.49. The Morgan fingerprint density at radius 3 is 2.75 bits per heavy atom. The van der Waals surface area contributed by atoms with E-state index in [2.05, 4.69) is 15.3 Å². The number of rotatable bonds is 6. The molecule has 1 atom stereocenters. The number of thioether (sulfide) groups is 1. The number of benzene rings is 2. The van der Waals surface area contributed by atoms with Crippen molar-refractivity contribution in [3.63, 3.8) is 0 Å². The average Bonchev–Trinajstić information content (AvgIpc) is 3.03. The quantitative estimate of drug-likeness (QED) is 0.715. The van der Waals surface area contributed by atoms with Crippen molar-refractivity contribution in [1.82, 2.24) is 15.3 Å². The monoisotopic (exact) mass is 343 g/mol. The molecule has 0 bridgehead atoms. The van der Waals surface area contributed by atoms with Crippen LogP contribution in [-0.4, -0.2) is 21.6 Å². The van der Waals surface area contributed by atoms with E-state index in [0.717, 1.165) is 22.4 Å². The second-order valence-corrected chi connectivity index (χ2v) is 6.82. The van der Waals surface area contributed by atoms with Crippen molar-refractivity contribution < 1.29 is 9.18 Å². The average molecular weight is 343 g/mol. The van der Waals surface area contributed by atoms with E-state index in [0.29, 0.717) is 12.3 Å². The number of fused-ring (bicyclic) bond motifs is 1. The molecule has 0 aliphatic carbocycles. The van der Waals surface area contributed by atoms with Gasteiger partial charge in [0.25, 0.3) is 0 Å². The zero-order valence-electron chi connectivity index (χ0n) is 13.3. The minimum absolute atomic E-state index is 0.0488. The molecule has 124 valence electrons. The Bertz CT molecular complexity index is 799. The van der Waals surface area contributed by atoms with Crippen molar-refractivity contribution in [1.29, 1.82) is 0 Å². The maximum atomic E-state index is 12.8. The van der Waals surface area contributed by atoms with E-state index in [1.54, 1.807) is 12.1 Å². The number of halogens is 1. The largest absolute Gasteiger partial charge is 0.351 e. The van der Waals surface area contributed by atoms with Crippen molar-refractivity contribution in [2.24, 2.45) is 0 Å². The number of H-pyrrole nitrogens is 1. The highest BCUT2D eigenvalue weighted by Crippen LogP contribution is 2.27. The van der Waals surface area contributed by atoms with Crippen molar-refractivity contribution in [2.45, 2.75) is 18.7 Å². The van der Waals surface area contributed by atoms with E-state index in [1.165, 1.54) is 23.9 Å². The van der Waals surface area contributed by atoms with Gasteiger partial charge in [-0.05, 0) is 36.8 Å². The number of carbonyl (C=O) groups is 1. The molecule has 1 aromatic heterocycles. The van der Waals surface area contributed by atoms with Crippen molar-refractivity contribution >= 4 is 28.7 Å². The molecule has 0 radical (unpaired) electrons. The van der Waals surface area contributed by atoms with Crippen LogP contribution in [0.4, 0.5) is 4.39 Å². The van der Waals surface area contributed by atoms with Crippen LogP contribution < -0.4 is 5.32 Å². The number of hydrogen-bond donors (Lipinski definition) is 2. The molecule has 2 aromatic carbocycles. The molecule has 0 spiro atoms. The second kappa shape index (κ2) is 7.49. The summed E-state index contributed by atoms with van der Waals surface area (Å²) in [6.45, 7) is 2.42. The Labute approximate surface area is 143 Å². The molecule has 2 N–H and O–H groups in total. The van der Waals surface area contributed by atoms with E-state index in [9.17, 15) is 9.18 Å². The summed E-state index contributed by atoms with van der Waals surface area (Å²) in [6.07, 6.45) is 0. The van der Waals surface area contributed by atoms with Gasteiger partial charge >= 0.3 is 0 Å². The van der Waals surface area contributed by atoms with Gasteiger partial charge in [-0.1, -0.05) is 24.3 Å². The van der Waals surface area contributed by atoms with Crippen LogP contribution >= 0.6 is 11.8 Å². The normalized spacial score (nSPS) is 12.2. The SMILES string of the molecule is C[C@@H](SCC(=O)NCc1ccc(F)cc1)c1nc2ccccc2[nH]1. The molecule has 4 nitrogen and oxygen atoms in total. The number of para-hydroxylation sites is 2. The summed E-state index contributed by atoms with van der Waals surface area (Å²) in [5.41, 5.74) is 2.81. The first-order chi connectivity index (χ1) is 11.6. The fourth-order valence-electron chi connectivity index (χ4n) is 2.30. The zero-order valence-corrected chi connectivity index (χ0v) is 14.1. The first kappa shape index (κ1) is 16.5. The number of nitrogens with zero attached hydrogens (tertiary/aromatic N) is 1. The predicted molar refractivity (Wildman–Crippen MR) is 95.2 cm³/mol. The fraction of sp³-hybridized carbons (Fsp3) is 0.222. The Hall–Kier alpha value is -2.34. The lowest BCUT2D eigenvalue weighted by molar-refractivity contribution is -0.118. The van der Waals surface area contributed by atoms with Crippen molar-refractivity contribution in [3.05, 3.63) is 65.7 Å². The first-order valence-corrected chi connectivity index (χ1v) is 8.74. The van der Waals surface area contributed by atoms with Crippen LogP contribution in [0.25, 0.3) is 11.0 Å². The summed E-state index contributed by atoms with van der Waals surface area (Å²) in [4.78, 5) is 19.8. The molecule has 0 saturated heterocycles. The number of carbonyl (C=O) groups excluding carboxylic acids is 1. The summed E-state index contributed by atoms with van der Waals surface area (Å²) < 4.78 is 12.8. The number of nitrogens with one attached hydrogen (secondary N) is 2. The van der Waals surface area contributed by atoms with Gasteiger partial charge in [-0.15, -0.1) is 11.8 Å². The number of aromatic amines is 1. The summed E-state index contributed by atoms with van der Waals surface area (Å²) in [5, 5.41) is 2.93. The Kier molecular flexibility index (Phi) is 5.15. The van der Waals surface area contributed by atoms with Crippen LogP contribution in [0.1, 0.15) is 23.6 Å². The molecule has 0 aliphatic rings. The van der Waals surface area contributed by atoms with E-state index >= 15 is 0 Å². The first-order valence-electron chi connectivity index (χ1n) is 7.69. The molecular weight excluding hydrogens is 325 g/mol. The van der Waals surface area contributed by atoms with Gasteiger partial charge in [0.2, 0.25) is 5.91 Å². The Morgan fingerprint density at radius 1 is 1.25 bits per heavy atom. The van der Waals surface area contributed by atoms with Gasteiger partial charge in [-0.2, -0.15) is 0 Å². The van der Waals surface area contributed by atoms with Gasteiger partial charge < -0.3 is 10.3 Å². The minimum Gasteiger partial charge on any atom is -0.351 e. The molecular formula is C18H18FN3OS.